The van der Waals surface area contributed by atoms with Crippen molar-refractivity contribution in [3.8, 4) is 11.5 Å². The van der Waals surface area contributed by atoms with Crippen molar-refractivity contribution in [1.82, 2.24) is 0 Å². The highest BCUT2D eigenvalue weighted by molar-refractivity contribution is 5.56. The highest BCUT2D eigenvalue weighted by Crippen LogP contribution is 2.28. The molecule has 0 atom stereocenters. The molecule has 0 radical (unpaired) electrons. The topological polar surface area (TPSA) is 81.8 Å². The molecule has 0 fully saturated rings. The minimum absolute atomic E-state index is 0.0427. The second-order valence-electron chi connectivity index (χ2n) is 3.53. The Morgan fingerprint density at radius 2 is 2.22 bits per heavy atom. The van der Waals surface area contributed by atoms with Gasteiger partial charge < -0.3 is 14.6 Å². The van der Waals surface area contributed by atoms with Crippen LogP contribution in [0.5, 0.6) is 11.5 Å². The third-order valence-corrected chi connectivity index (χ3v) is 2.20. The van der Waals surface area contributed by atoms with Crippen LogP contribution < -0.4 is 9.47 Å². The Morgan fingerprint density at radius 1 is 1.50 bits per heavy atom. The van der Waals surface area contributed by atoms with Gasteiger partial charge in [-0.25, -0.2) is 0 Å². The number of rotatable bonds is 6. The van der Waals surface area contributed by atoms with E-state index < -0.39 is 4.92 Å². The van der Waals surface area contributed by atoms with Crippen LogP contribution in [0, 0.1) is 10.1 Å². The number of hydrogen-bond acceptors (Lipinski definition) is 5. The molecule has 6 nitrogen and oxygen atoms in total. The number of ether oxygens (including phenoxy) is 2. The van der Waals surface area contributed by atoms with Gasteiger partial charge in [-0.1, -0.05) is 6.07 Å². The van der Waals surface area contributed by atoms with Gasteiger partial charge in [0.1, 0.15) is 6.61 Å². The molecule has 0 amide bonds. The molecule has 0 heterocycles. The molecule has 1 aromatic carbocycles. The maximum Gasteiger partial charge on any atom is 0.243 e. The van der Waals surface area contributed by atoms with Crippen LogP contribution in [0.15, 0.2) is 23.9 Å². The summed E-state index contributed by atoms with van der Waals surface area (Å²) >= 11 is 0. The van der Waals surface area contributed by atoms with E-state index in [0.29, 0.717) is 17.1 Å². The number of aliphatic hydroxyl groups is 1. The molecule has 0 aromatic heterocycles. The highest BCUT2D eigenvalue weighted by atomic mass is 16.6. The summed E-state index contributed by atoms with van der Waals surface area (Å²) in [6.45, 7) is 1.49. The predicted octanol–water partition coefficient (Wildman–Crippen LogP) is 1.70. The summed E-state index contributed by atoms with van der Waals surface area (Å²) in [6.07, 6.45) is 1.44. The fourth-order valence-corrected chi connectivity index (χ4v) is 1.34. The van der Waals surface area contributed by atoms with Crippen LogP contribution >= 0.6 is 0 Å². The van der Waals surface area contributed by atoms with E-state index in [1.165, 1.54) is 20.1 Å². The lowest BCUT2D eigenvalue weighted by Crippen LogP contribution is -2.03. The molecule has 0 aliphatic carbocycles. The molecule has 0 aliphatic rings. The van der Waals surface area contributed by atoms with Crippen LogP contribution in [0.1, 0.15) is 12.5 Å². The Labute approximate surface area is 105 Å². The third-order valence-electron chi connectivity index (χ3n) is 2.20. The smallest absolute Gasteiger partial charge is 0.243 e. The number of aliphatic hydroxyl groups excluding tert-OH is 1. The molecular formula is C12H15NO5. The van der Waals surface area contributed by atoms with E-state index in [-0.39, 0.29) is 18.9 Å². The standard InChI is InChI=1S/C12H15NO5/c1-9(13(15)16)7-10-3-4-11(18-6-5-14)12(8-10)17-2/h3-4,7-8,14H,5-6H2,1-2H3. The second-order valence-corrected chi connectivity index (χ2v) is 3.53. The van der Waals surface area contributed by atoms with Crippen LogP contribution in [-0.2, 0) is 0 Å². The molecule has 0 unspecified atom stereocenters. The molecule has 0 saturated carbocycles. The van der Waals surface area contributed by atoms with Gasteiger partial charge in [-0.3, -0.25) is 10.1 Å². The number of methoxy groups -OCH3 is 1. The predicted molar refractivity (Wildman–Crippen MR) is 66.2 cm³/mol. The van der Waals surface area contributed by atoms with Crippen molar-refractivity contribution in [2.24, 2.45) is 0 Å². The molecule has 0 bridgehead atoms. The second kappa shape index (κ2) is 6.61. The van der Waals surface area contributed by atoms with E-state index in [4.69, 9.17) is 14.6 Å². The summed E-state index contributed by atoms with van der Waals surface area (Å²) in [6, 6.07) is 4.97. The van der Waals surface area contributed by atoms with Gasteiger partial charge in [-0.05, 0) is 17.7 Å². The number of hydrogen-bond donors (Lipinski definition) is 1. The first kappa shape index (κ1) is 14.0. The molecule has 18 heavy (non-hydrogen) atoms. The van der Waals surface area contributed by atoms with Gasteiger partial charge in [0.2, 0.25) is 5.70 Å². The van der Waals surface area contributed by atoms with E-state index in [1.807, 2.05) is 0 Å². The SMILES string of the molecule is COc1cc(C=C(C)[N+](=O)[O-])ccc1OCCO. The summed E-state index contributed by atoms with van der Waals surface area (Å²) in [4.78, 5) is 10.1. The highest BCUT2D eigenvalue weighted by Gasteiger charge is 2.07. The lowest BCUT2D eigenvalue weighted by molar-refractivity contribution is -0.422. The molecule has 1 rings (SSSR count). The van der Waals surface area contributed by atoms with Crippen LogP contribution in [0.2, 0.25) is 0 Å². The minimum Gasteiger partial charge on any atom is -0.493 e. The minimum atomic E-state index is -0.456. The average molecular weight is 253 g/mol. The largest absolute Gasteiger partial charge is 0.493 e. The maximum atomic E-state index is 10.5. The van der Waals surface area contributed by atoms with E-state index in [0.717, 1.165) is 0 Å². The van der Waals surface area contributed by atoms with Gasteiger partial charge in [-0.15, -0.1) is 0 Å². The lowest BCUT2D eigenvalue weighted by Gasteiger charge is -2.10. The van der Waals surface area contributed by atoms with Gasteiger partial charge >= 0.3 is 0 Å². The van der Waals surface area contributed by atoms with Crippen molar-refractivity contribution >= 4 is 6.08 Å². The van der Waals surface area contributed by atoms with Crippen LogP contribution in [0.4, 0.5) is 0 Å². The Morgan fingerprint density at radius 3 is 2.78 bits per heavy atom. The third kappa shape index (κ3) is 3.74. The fraction of sp³-hybridized carbons (Fsp3) is 0.333. The molecule has 98 valence electrons. The van der Waals surface area contributed by atoms with Crippen LogP contribution in [0.3, 0.4) is 0 Å². The Bertz CT molecular complexity index is 456. The quantitative estimate of drug-likeness (QED) is 0.616. The molecule has 1 aromatic rings. The van der Waals surface area contributed by atoms with E-state index in [2.05, 4.69) is 0 Å². The first-order valence-electron chi connectivity index (χ1n) is 5.33. The van der Waals surface area contributed by atoms with Gasteiger partial charge in [0.05, 0.1) is 18.6 Å². The van der Waals surface area contributed by atoms with Crippen molar-refractivity contribution in [2.45, 2.75) is 6.92 Å². The summed E-state index contributed by atoms with van der Waals surface area (Å²) in [5, 5.41) is 19.2. The number of nitro groups is 1. The Kier molecular flexibility index (Phi) is 5.13. The van der Waals surface area contributed by atoms with Crippen LogP contribution in [-0.4, -0.2) is 30.4 Å². The lowest BCUT2D eigenvalue weighted by atomic mass is 10.1. The number of allylic oxidation sites excluding steroid dienone is 1. The average Bonchev–Trinajstić information content (AvgIpc) is 2.36. The zero-order chi connectivity index (χ0) is 13.5. The van der Waals surface area contributed by atoms with Gasteiger partial charge in [-0.2, -0.15) is 0 Å². The Hall–Kier alpha value is -2.08. The van der Waals surface area contributed by atoms with Crippen molar-refractivity contribution in [3.05, 3.63) is 39.6 Å². The van der Waals surface area contributed by atoms with Crippen molar-refractivity contribution in [1.29, 1.82) is 0 Å². The molecule has 1 N–H and O–H groups in total. The number of benzene rings is 1. The van der Waals surface area contributed by atoms with Gasteiger partial charge in [0, 0.05) is 13.0 Å². The van der Waals surface area contributed by atoms with E-state index in [1.54, 1.807) is 18.2 Å². The summed E-state index contributed by atoms with van der Waals surface area (Å²) in [5.74, 6) is 0.954. The zero-order valence-corrected chi connectivity index (χ0v) is 10.3. The molecule has 0 saturated heterocycles. The normalized spacial score (nSPS) is 11.2. The van der Waals surface area contributed by atoms with Gasteiger partial charge in [0.15, 0.2) is 11.5 Å². The maximum absolute atomic E-state index is 10.5. The van der Waals surface area contributed by atoms with Gasteiger partial charge in [0.25, 0.3) is 0 Å². The van der Waals surface area contributed by atoms with Crippen molar-refractivity contribution < 1.29 is 19.5 Å². The number of nitrogens with zero attached hydrogens (tertiary/aromatic N) is 1. The molecule has 0 spiro atoms. The summed E-state index contributed by atoms with van der Waals surface area (Å²) < 4.78 is 10.4. The van der Waals surface area contributed by atoms with E-state index >= 15 is 0 Å². The fourth-order valence-electron chi connectivity index (χ4n) is 1.34. The van der Waals surface area contributed by atoms with Crippen molar-refractivity contribution in [2.75, 3.05) is 20.3 Å². The van der Waals surface area contributed by atoms with Crippen LogP contribution in [0.25, 0.3) is 6.08 Å². The first-order chi connectivity index (χ1) is 8.58. The van der Waals surface area contributed by atoms with Crippen molar-refractivity contribution in [3.63, 3.8) is 0 Å². The monoisotopic (exact) mass is 253 g/mol. The summed E-state index contributed by atoms with van der Waals surface area (Å²) in [5.41, 5.74) is 0.693. The zero-order valence-electron chi connectivity index (χ0n) is 10.3. The molecule has 0 aliphatic heterocycles. The first-order valence-corrected chi connectivity index (χ1v) is 5.33. The Balaban J connectivity index is 2.98. The molecule has 6 heteroatoms. The molecular weight excluding hydrogens is 238 g/mol. The van der Waals surface area contributed by atoms with E-state index in [9.17, 15) is 10.1 Å². The summed E-state index contributed by atoms with van der Waals surface area (Å²) in [7, 11) is 1.48.